The molecule has 0 aromatic carbocycles. The van der Waals surface area contributed by atoms with Crippen molar-refractivity contribution >= 4 is 11.7 Å². The second-order valence-electron chi connectivity index (χ2n) is 7.60. The van der Waals surface area contributed by atoms with Gasteiger partial charge in [-0.3, -0.25) is 9.89 Å². The van der Waals surface area contributed by atoms with E-state index in [1.807, 2.05) is 6.07 Å². The van der Waals surface area contributed by atoms with Gasteiger partial charge in [0.1, 0.15) is 0 Å². The predicted octanol–water partition coefficient (Wildman–Crippen LogP) is 2.77. The van der Waals surface area contributed by atoms with Crippen LogP contribution >= 0.6 is 0 Å². The Morgan fingerprint density at radius 2 is 2.23 bits per heavy atom. The van der Waals surface area contributed by atoms with E-state index < -0.39 is 0 Å². The normalized spacial score (nSPS) is 36.9. The number of nitrogens with two attached hydrogens (primary N) is 1. The number of carbonyl (C=O) groups excluding carboxylic acids is 1. The lowest BCUT2D eigenvalue weighted by Crippen LogP contribution is -2.28. The Morgan fingerprint density at radius 1 is 1.32 bits per heavy atom. The topological polar surface area (TPSA) is 83.8 Å². The highest BCUT2D eigenvalue weighted by Crippen LogP contribution is 2.52. The minimum Gasteiger partial charge on any atom is -0.327 e. The van der Waals surface area contributed by atoms with E-state index in [9.17, 15) is 4.79 Å². The Kier molecular flexibility index (Phi) is 3.68. The van der Waals surface area contributed by atoms with Crippen molar-refractivity contribution in [2.45, 2.75) is 63.3 Å². The number of carbonyl (C=O) groups is 1. The SMILES string of the molecule is N[C@@H]1CCC[C@H]1CC(=O)Nc1cc(C2CC3CCC2C3)[nH]n1. The molecule has 2 bridgehead atoms. The van der Waals surface area contributed by atoms with Crippen LogP contribution in [0.1, 0.15) is 63.0 Å². The summed E-state index contributed by atoms with van der Waals surface area (Å²) in [6.07, 6.45) is 9.23. The fourth-order valence-corrected chi connectivity index (χ4v) is 4.97. The maximum Gasteiger partial charge on any atom is 0.225 e. The first-order valence-corrected chi connectivity index (χ1v) is 8.80. The van der Waals surface area contributed by atoms with Crippen LogP contribution in [0.5, 0.6) is 0 Å². The Hall–Kier alpha value is -1.36. The first kappa shape index (κ1) is 14.2. The fraction of sp³-hybridized carbons (Fsp3) is 0.765. The summed E-state index contributed by atoms with van der Waals surface area (Å²) in [5, 5.41) is 10.4. The minimum absolute atomic E-state index is 0.0494. The first-order chi connectivity index (χ1) is 10.7. The van der Waals surface area contributed by atoms with Crippen LogP contribution in [0.2, 0.25) is 0 Å². The van der Waals surface area contributed by atoms with E-state index in [-0.39, 0.29) is 11.9 Å². The van der Waals surface area contributed by atoms with Crippen molar-refractivity contribution in [3.8, 4) is 0 Å². The summed E-state index contributed by atoms with van der Waals surface area (Å²) >= 11 is 0. The van der Waals surface area contributed by atoms with E-state index in [4.69, 9.17) is 5.73 Å². The number of H-pyrrole nitrogens is 1. The molecule has 3 aliphatic rings. The van der Waals surface area contributed by atoms with Crippen LogP contribution in [-0.2, 0) is 4.79 Å². The number of amides is 1. The van der Waals surface area contributed by atoms with Gasteiger partial charge in [-0.25, -0.2) is 0 Å². The Balaban J connectivity index is 1.34. The zero-order valence-corrected chi connectivity index (χ0v) is 13.1. The van der Waals surface area contributed by atoms with Crippen molar-refractivity contribution in [3.63, 3.8) is 0 Å². The van der Waals surface area contributed by atoms with Gasteiger partial charge >= 0.3 is 0 Å². The molecule has 4 N–H and O–H groups in total. The number of anilines is 1. The summed E-state index contributed by atoms with van der Waals surface area (Å²) in [6, 6.07) is 2.23. The third kappa shape index (κ3) is 2.67. The van der Waals surface area contributed by atoms with Gasteiger partial charge in [0.2, 0.25) is 5.91 Å². The molecular formula is C17H26N4O. The molecular weight excluding hydrogens is 276 g/mol. The van der Waals surface area contributed by atoms with E-state index in [2.05, 4.69) is 15.5 Å². The van der Waals surface area contributed by atoms with Crippen LogP contribution < -0.4 is 11.1 Å². The fourth-order valence-electron chi connectivity index (χ4n) is 4.97. The van der Waals surface area contributed by atoms with Crippen molar-refractivity contribution in [2.24, 2.45) is 23.5 Å². The standard InChI is InChI=1S/C17H26N4O/c18-14-3-1-2-12(14)8-17(22)19-16-9-15(20-21-16)13-7-10-4-5-11(13)6-10/h9-14H,1-8,18H2,(H2,19,20,21,22)/t10?,11?,12-,13?,14+/m0/s1. The van der Waals surface area contributed by atoms with Gasteiger partial charge in [-0.15, -0.1) is 0 Å². The van der Waals surface area contributed by atoms with Crippen LogP contribution in [0, 0.1) is 17.8 Å². The third-order valence-electron chi connectivity index (χ3n) is 6.17. The summed E-state index contributed by atoms with van der Waals surface area (Å²) in [7, 11) is 0. The van der Waals surface area contributed by atoms with Crippen LogP contribution in [0.4, 0.5) is 5.82 Å². The lowest BCUT2D eigenvalue weighted by atomic mass is 9.86. The van der Waals surface area contributed by atoms with Gasteiger partial charge in [0.15, 0.2) is 5.82 Å². The molecule has 3 saturated carbocycles. The highest BCUT2D eigenvalue weighted by Gasteiger charge is 2.41. The van der Waals surface area contributed by atoms with Crippen molar-refractivity contribution in [3.05, 3.63) is 11.8 Å². The summed E-state index contributed by atoms with van der Waals surface area (Å²) in [4.78, 5) is 12.2. The second kappa shape index (κ2) is 5.69. The quantitative estimate of drug-likeness (QED) is 0.799. The summed E-state index contributed by atoms with van der Waals surface area (Å²) in [6.45, 7) is 0. The number of fused-ring (bicyclic) bond motifs is 2. The molecule has 22 heavy (non-hydrogen) atoms. The Labute approximate surface area is 131 Å². The van der Waals surface area contributed by atoms with Crippen LogP contribution in [0.15, 0.2) is 6.07 Å². The highest BCUT2D eigenvalue weighted by molar-refractivity contribution is 5.90. The zero-order valence-electron chi connectivity index (χ0n) is 13.1. The summed E-state index contributed by atoms with van der Waals surface area (Å²) in [5.41, 5.74) is 7.25. The van der Waals surface area contributed by atoms with Gasteiger partial charge in [0.05, 0.1) is 0 Å². The molecule has 5 heteroatoms. The Bertz CT molecular complexity index is 555. The van der Waals surface area contributed by atoms with Gasteiger partial charge in [-0.2, -0.15) is 5.10 Å². The van der Waals surface area contributed by atoms with Crippen molar-refractivity contribution in [1.82, 2.24) is 10.2 Å². The van der Waals surface area contributed by atoms with E-state index in [0.29, 0.717) is 24.1 Å². The molecule has 3 fully saturated rings. The minimum atomic E-state index is 0.0494. The summed E-state index contributed by atoms with van der Waals surface area (Å²) < 4.78 is 0. The van der Waals surface area contributed by atoms with Gasteiger partial charge < -0.3 is 11.1 Å². The average molecular weight is 302 g/mol. The molecule has 3 aliphatic carbocycles. The number of nitrogens with one attached hydrogen (secondary N) is 2. The molecule has 1 heterocycles. The largest absolute Gasteiger partial charge is 0.327 e. The molecule has 5 nitrogen and oxygen atoms in total. The molecule has 120 valence electrons. The molecule has 1 aromatic rings. The molecule has 5 atom stereocenters. The van der Waals surface area contributed by atoms with Gasteiger partial charge in [0, 0.05) is 30.1 Å². The number of aromatic nitrogens is 2. The molecule has 0 aliphatic heterocycles. The van der Waals surface area contributed by atoms with Crippen molar-refractivity contribution < 1.29 is 4.79 Å². The number of hydrogen-bond donors (Lipinski definition) is 3. The third-order valence-corrected chi connectivity index (χ3v) is 6.17. The molecule has 1 aromatic heterocycles. The van der Waals surface area contributed by atoms with E-state index in [1.54, 1.807) is 0 Å². The molecule has 3 unspecified atom stereocenters. The lowest BCUT2D eigenvalue weighted by molar-refractivity contribution is -0.117. The molecule has 1 amide bonds. The van der Waals surface area contributed by atoms with E-state index in [1.165, 1.54) is 31.4 Å². The average Bonchev–Trinajstić information content (AvgIpc) is 3.24. The smallest absolute Gasteiger partial charge is 0.225 e. The van der Waals surface area contributed by atoms with Gasteiger partial charge in [-0.1, -0.05) is 12.8 Å². The van der Waals surface area contributed by atoms with Gasteiger partial charge in [-0.05, 0) is 49.9 Å². The molecule has 0 saturated heterocycles. The monoisotopic (exact) mass is 302 g/mol. The summed E-state index contributed by atoms with van der Waals surface area (Å²) in [5.74, 6) is 3.43. The number of rotatable bonds is 4. The number of aromatic amines is 1. The van der Waals surface area contributed by atoms with Gasteiger partial charge in [0.25, 0.3) is 0 Å². The second-order valence-corrected chi connectivity index (χ2v) is 7.60. The van der Waals surface area contributed by atoms with E-state index >= 15 is 0 Å². The highest BCUT2D eigenvalue weighted by atomic mass is 16.1. The van der Waals surface area contributed by atoms with Crippen LogP contribution in [0.25, 0.3) is 0 Å². The predicted molar refractivity (Wildman–Crippen MR) is 85.3 cm³/mol. The molecule has 0 spiro atoms. The maximum absolute atomic E-state index is 12.2. The van der Waals surface area contributed by atoms with Crippen LogP contribution in [-0.4, -0.2) is 22.1 Å². The number of nitrogens with zero attached hydrogens (tertiary/aromatic N) is 1. The number of hydrogen-bond acceptors (Lipinski definition) is 3. The molecule has 0 radical (unpaired) electrons. The lowest BCUT2D eigenvalue weighted by Gasteiger charge is -2.19. The van der Waals surface area contributed by atoms with E-state index in [0.717, 1.165) is 31.1 Å². The maximum atomic E-state index is 12.2. The zero-order chi connectivity index (χ0) is 15.1. The van der Waals surface area contributed by atoms with Crippen molar-refractivity contribution in [1.29, 1.82) is 0 Å². The van der Waals surface area contributed by atoms with Crippen LogP contribution in [0.3, 0.4) is 0 Å². The Morgan fingerprint density at radius 3 is 2.91 bits per heavy atom. The van der Waals surface area contributed by atoms with Crippen molar-refractivity contribution in [2.75, 3.05) is 5.32 Å². The molecule has 4 rings (SSSR count). The first-order valence-electron chi connectivity index (χ1n) is 8.80.